The third-order valence-corrected chi connectivity index (χ3v) is 3.34. The number of aromatic nitrogens is 1. The van der Waals surface area contributed by atoms with E-state index in [9.17, 15) is 4.79 Å². The molecule has 1 atom stereocenters. The van der Waals surface area contributed by atoms with Gasteiger partial charge >= 0.3 is 0 Å². The minimum atomic E-state index is 0.0207. The van der Waals surface area contributed by atoms with Crippen LogP contribution in [0.1, 0.15) is 29.4 Å². The van der Waals surface area contributed by atoms with Crippen LogP contribution in [0.15, 0.2) is 30.3 Å². The summed E-state index contributed by atoms with van der Waals surface area (Å²) in [6.45, 7) is 4.52. The largest absolute Gasteiger partial charge is 0.342 e. The molecule has 4 heteroatoms. The maximum absolute atomic E-state index is 12.6. The summed E-state index contributed by atoms with van der Waals surface area (Å²) in [5.41, 5.74) is 8.17. The molecule has 4 nitrogen and oxygen atoms in total. The van der Waals surface area contributed by atoms with Gasteiger partial charge in [0, 0.05) is 30.7 Å². The molecule has 2 aromatic rings. The van der Waals surface area contributed by atoms with E-state index in [1.807, 2.05) is 51.2 Å². The second kappa shape index (κ2) is 6.01. The molecule has 0 aliphatic rings. The zero-order chi connectivity index (χ0) is 14.7. The molecule has 106 valence electrons. The first-order chi connectivity index (χ1) is 9.49. The van der Waals surface area contributed by atoms with Gasteiger partial charge in [-0.05, 0) is 32.4 Å². The third-order valence-electron chi connectivity index (χ3n) is 3.34. The van der Waals surface area contributed by atoms with E-state index >= 15 is 0 Å². The van der Waals surface area contributed by atoms with E-state index in [1.165, 1.54) is 0 Å². The summed E-state index contributed by atoms with van der Waals surface area (Å²) in [4.78, 5) is 18.8. The Bertz CT molecular complexity index is 622. The number of rotatable bonds is 4. The number of carbonyl (C=O) groups excluding carboxylic acids is 1. The molecule has 0 aliphatic carbocycles. The average molecular weight is 271 g/mol. The number of carbonyl (C=O) groups is 1. The first-order valence-electron chi connectivity index (χ1n) is 6.86. The van der Waals surface area contributed by atoms with Crippen molar-refractivity contribution in [2.45, 2.75) is 26.3 Å². The van der Waals surface area contributed by atoms with Gasteiger partial charge < -0.3 is 10.6 Å². The number of pyridine rings is 1. The van der Waals surface area contributed by atoms with Crippen LogP contribution in [0.3, 0.4) is 0 Å². The molecule has 0 fully saturated rings. The summed E-state index contributed by atoms with van der Waals surface area (Å²) in [5, 5.41) is 0.899. The van der Waals surface area contributed by atoms with Gasteiger partial charge in [-0.15, -0.1) is 0 Å². The van der Waals surface area contributed by atoms with Gasteiger partial charge in [-0.2, -0.15) is 0 Å². The zero-order valence-electron chi connectivity index (χ0n) is 12.3. The van der Waals surface area contributed by atoms with Gasteiger partial charge in [-0.25, -0.2) is 0 Å². The molecule has 1 aromatic carbocycles. The molecule has 2 rings (SSSR count). The SMILES string of the molecule is Cc1cc(C(=O)N(C)CCC(C)N)c2ccccc2n1. The molecule has 0 radical (unpaired) electrons. The number of nitrogens with zero attached hydrogens (tertiary/aromatic N) is 2. The average Bonchev–Trinajstić information content (AvgIpc) is 2.42. The fraction of sp³-hybridized carbons (Fsp3) is 0.375. The lowest BCUT2D eigenvalue weighted by Crippen LogP contribution is -2.31. The second-order valence-electron chi connectivity index (χ2n) is 5.32. The number of amides is 1. The quantitative estimate of drug-likeness (QED) is 0.928. The molecular weight excluding hydrogens is 250 g/mol. The first-order valence-corrected chi connectivity index (χ1v) is 6.86. The van der Waals surface area contributed by atoms with Crippen molar-refractivity contribution in [2.75, 3.05) is 13.6 Å². The fourth-order valence-electron chi connectivity index (χ4n) is 2.19. The molecule has 1 amide bonds. The van der Waals surface area contributed by atoms with E-state index in [0.29, 0.717) is 12.1 Å². The second-order valence-corrected chi connectivity index (χ2v) is 5.32. The Morgan fingerprint density at radius 3 is 2.80 bits per heavy atom. The Labute approximate surface area is 119 Å². The Kier molecular flexibility index (Phi) is 4.35. The number of para-hydroxylation sites is 1. The van der Waals surface area contributed by atoms with Crippen molar-refractivity contribution < 1.29 is 4.79 Å². The summed E-state index contributed by atoms with van der Waals surface area (Å²) < 4.78 is 0. The van der Waals surface area contributed by atoms with Crippen LogP contribution in [-0.2, 0) is 0 Å². The summed E-state index contributed by atoms with van der Waals surface area (Å²) in [6.07, 6.45) is 0.796. The topological polar surface area (TPSA) is 59.2 Å². The van der Waals surface area contributed by atoms with E-state index in [0.717, 1.165) is 23.0 Å². The van der Waals surface area contributed by atoms with Gasteiger partial charge in [0.05, 0.1) is 11.1 Å². The standard InChI is InChI=1S/C16H21N3O/c1-11(17)8-9-19(3)16(20)14-10-12(2)18-15-7-5-4-6-13(14)15/h4-7,10-11H,8-9,17H2,1-3H3. The molecule has 1 aromatic heterocycles. The van der Waals surface area contributed by atoms with Crippen molar-refractivity contribution >= 4 is 16.8 Å². The van der Waals surface area contributed by atoms with Gasteiger partial charge in [-0.1, -0.05) is 18.2 Å². The van der Waals surface area contributed by atoms with Crippen molar-refractivity contribution in [2.24, 2.45) is 5.73 Å². The molecule has 0 saturated heterocycles. The molecule has 0 aliphatic heterocycles. The number of benzene rings is 1. The highest BCUT2D eigenvalue weighted by Gasteiger charge is 2.16. The molecule has 0 saturated carbocycles. The van der Waals surface area contributed by atoms with Crippen molar-refractivity contribution in [3.05, 3.63) is 41.6 Å². The Hall–Kier alpha value is -1.94. The highest BCUT2D eigenvalue weighted by molar-refractivity contribution is 6.06. The molecule has 0 bridgehead atoms. The van der Waals surface area contributed by atoms with Crippen LogP contribution >= 0.6 is 0 Å². The van der Waals surface area contributed by atoms with Gasteiger partial charge in [0.2, 0.25) is 0 Å². The first kappa shape index (κ1) is 14.5. The third kappa shape index (κ3) is 3.14. The van der Waals surface area contributed by atoms with E-state index in [1.54, 1.807) is 4.90 Å². The lowest BCUT2D eigenvalue weighted by Gasteiger charge is -2.19. The number of hydrogen-bond donors (Lipinski definition) is 1. The molecule has 2 N–H and O–H groups in total. The number of aryl methyl sites for hydroxylation is 1. The predicted molar refractivity (Wildman–Crippen MR) is 81.7 cm³/mol. The summed E-state index contributed by atoms with van der Waals surface area (Å²) in [6, 6.07) is 9.69. The number of nitrogens with two attached hydrogens (primary N) is 1. The molecule has 1 unspecified atom stereocenters. The van der Waals surface area contributed by atoms with Crippen LogP contribution in [-0.4, -0.2) is 35.4 Å². The zero-order valence-corrected chi connectivity index (χ0v) is 12.3. The molecule has 20 heavy (non-hydrogen) atoms. The minimum absolute atomic E-state index is 0.0207. The lowest BCUT2D eigenvalue weighted by molar-refractivity contribution is 0.0793. The van der Waals surface area contributed by atoms with E-state index in [-0.39, 0.29) is 11.9 Å². The fourth-order valence-corrected chi connectivity index (χ4v) is 2.19. The van der Waals surface area contributed by atoms with Gasteiger partial charge in [0.25, 0.3) is 5.91 Å². The summed E-state index contributed by atoms with van der Waals surface area (Å²) in [7, 11) is 1.81. The molecule has 0 spiro atoms. The van der Waals surface area contributed by atoms with Crippen LogP contribution in [0.5, 0.6) is 0 Å². The van der Waals surface area contributed by atoms with E-state index < -0.39 is 0 Å². The number of fused-ring (bicyclic) bond motifs is 1. The van der Waals surface area contributed by atoms with Crippen LogP contribution in [0.2, 0.25) is 0 Å². The maximum Gasteiger partial charge on any atom is 0.254 e. The summed E-state index contributed by atoms with van der Waals surface area (Å²) in [5.74, 6) is 0.0207. The van der Waals surface area contributed by atoms with Crippen molar-refractivity contribution in [3.63, 3.8) is 0 Å². The highest BCUT2D eigenvalue weighted by atomic mass is 16.2. The summed E-state index contributed by atoms with van der Waals surface area (Å²) >= 11 is 0. The van der Waals surface area contributed by atoms with E-state index in [4.69, 9.17) is 5.73 Å². The van der Waals surface area contributed by atoms with Gasteiger partial charge in [0.1, 0.15) is 0 Å². The molecular formula is C16H21N3O. The predicted octanol–water partition coefficient (Wildman–Crippen LogP) is 2.35. The Balaban J connectivity index is 2.34. The molecule has 1 heterocycles. The van der Waals surface area contributed by atoms with Gasteiger partial charge in [0.15, 0.2) is 0 Å². The van der Waals surface area contributed by atoms with Crippen molar-refractivity contribution in [3.8, 4) is 0 Å². The minimum Gasteiger partial charge on any atom is -0.342 e. The lowest BCUT2D eigenvalue weighted by atomic mass is 10.1. The van der Waals surface area contributed by atoms with Crippen LogP contribution in [0.4, 0.5) is 0 Å². The van der Waals surface area contributed by atoms with Crippen molar-refractivity contribution in [1.82, 2.24) is 9.88 Å². The van der Waals surface area contributed by atoms with Gasteiger partial charge in [-0.3, -0.25) is 9.78 Å². The highest BCUT2D eigenvalue weighted by Crippen LogP contribution is 2.19. The Morgan fingerprint density at radius 1 is 1.40 bits per heavy atom. The van der Waals surface area contributed by atoms with Crippen LogP contribution in [0.25, 0.3) is 10.9 Å². The van der Waals surface area contributed by atoms with Crippen molar-refractivity contribution in [1.29, 1.82) is 0 Å². The normalized spacial score (nSPS) is 12.4. The van der Waals surface area contributed by atoms with Crippen LogP contribution < -0.4 is 5.73 Å². The maximum atomic E-state index is 12.6. The van der Waals surface area contributed by atoms with E-state index in [2.05, 4.69) is 4.98 Å². The number of hydrogen-bond acceptors (Lipinski definition) is 3. The Morgan fingerprint density at radius 2 is 2.10 bits per heavy atom. The van der Waals surface area contributed by atoms with Crippen LogP contribution in [0, 0.1) is 6.92 Å². The monoisotopic (exact) mass is 271 g/mol. The smallest absolute Gasteiger partial charge is 0.254 e.